The van der Waals surface area contributed by atoms with Gasteiger partial charge in [-0.1, -0.05) is 18.2 Å². The summed E-state index contributed by atoms with van der Waals surface area (Å²) in [5.41, 5.74) is 6.49. The zero-order chi connectivity index (χ0) is 17.6. The van der Waals surface area contributed by atoms with Crippen LogP contribution in [0.2, 0.25) is 0 Å². The van der Waals surface area contributed by atoms with Crippen LogP contribution in [-0.4, -0.2) is 55.2 Å². The second kappa shape index (κ2) is 8.45. The number of rotatable bonds is 6. The minimum atomic E-state index is -0.496. The zero-order valence-corrected chi connectivity index (χ0v) is 14.5. The molecule has 0 aromatic heterocycles. The fraction of sp³-hybridized carbons (Fsp3) is 0.579. The van der Waals surface area contributed by atoms with Gasteiger partial charge in [0.2, 0.25) is 11.8 Å². The summed E-state index contributed by atoms with van der Waals surface area (Å²) in [5, 5.41) is 0. The minimum Gasteiger partial charge on any atom is -0.376 e. The van der Waals surface area contributed by atoms with Gasteiger partial charge in [0.15, 0.2) is 0 Å². The predicted molar refractivity (Wildman–Crippen MR) is 93.2 cm³/mol. The van der Waals surface area contributed by atoms with Crippen LogP contribution in [0.25, 0.3) is 0 Å². The maximum Gasteiger partial charge on any atom is 0.248 e. The van der Waals surface area contributed by atoms with Gasteiger partial charge < -0.3 is 20.1 Å². The Hall–Kier alpha value is -1.92. The van der Waals surface area contributed by atoms with E-state index in [1.165, 1.54) is 0 Å². The summed E-state index contributed by atoms with van der Waals surface area (Å²) < 4.78 is 11.5. The van der Waals surface area contributed by atoms with Gasteiger partial charge in [-0.2, -0.15) is 0 Å². The first-order chi connectivity index (χ1) is 12.1. The quantitative estimate of drug-likeness (QED) is 0.846. The summed E-state index contributed by atoms with van der Waals surface area (Å²) in [7, 11) is 0. The number of amides is 2. The highest BCUT2D eigenvalue weighted by Gasteiger charge is 2.25. The number of nitrogens with two attached hydrogens (primary N) is 1. The van der Waals surface area contributed by atoms with Crippen molar-refractivity contribution >= 4 is 11.8 Å². The molecule has 0 bridgehead atoms. The predicted octanol–water partition coefficient (Wildman–Crippen LogP) is 1.51. The molecule has 25 heavy (non-hydrogen) atoms. The van der Waals surface area contributed by atoms with Gasteiger partial charge in [0, 0.05) is 25.3 Å². The van der Waals surface area contributed by atoms with E-state index in [2.05, 4.69) is 0 Å². The molecule has 1 atom stereocenters. The van der Waals surface area contributed by atoms with Crippen molar-refractivity contribution in [2.75, 3.05) is 26.3 Å². The van der Waals surface area contributed by atoms with Gasteiger partial charge in [-0.05, 0) is 37.3 Å². The highest BCUT2D eigenvalue weighted by Crippen LogP contribution is 2.19. The molecular formula is C19H26N2O4. The number of hydrogen-bond donors (Lipinski definition) is 1. The van der Waals surface area contributed by atoms with Crippen LogP contribution in [0.1, 0.15) is 41.6 Å². The molecule has 2 N–H and O–H groups in total. The summed E-state index contributed by atoms with van der Waals surface area (Å²) in [5.74, 6) is -0.462. The average Bonchev–Trinajstić information content (AvgIpc) is 3.14. The number of likely N-dealkylation sites (tertiary alicyclic amines) is 1. The normalized spacial score (nSPS) is 21.4. The van der Waals surface area contributed by atoms with Gasteiger partial charge in [-0.3, -0.25) is 9.59 Å². The first-order valence-corrected chi connectivity index (χ1v) is 9.02. The number of nitrogens with zero attached hydrogens (tertiary/aromatic N) is 1. The largest absolute Gasteiger partial charge is 0.376 e. The van der Waals surface area contributed by atoms with Gasteiger partial charge >= 0.3 is 0 Å². The third-order valence-corrected chi connectivity index (χ3v) is 4.96. The van der Waals surface area contributed by atoms with Crippen molar-refractivity contribution in [3.05, 3.63) is 35.4 Å². The van der Waals surface area contributed by atoms with E-state index in [0.29, 0.717) is 30.8 Å². The van der Waals surface area contributed by atoms with Crippen molar-refractivity contribution in [2.45, 2.75) is 44.3 Å². The van der Waals surface area contributed by atoms with E-state index in [1.807, 2.05) is 11.0 Å². The van der Waals surface area contributed by atoms with Crippen LogP contribution in [0.15, 0.2) is 24.3 Å². The maximum absolute atomic E-state index is 12.5. The van der Waals surface area contributed by atoms with E-state index in [0.717, 1.165) is 32.3 Å². The molecule has 2 fully saturated rings. The van der Waals surface area contributed by atoms with Crippen LogP contribution < -0.4 is 5.73 Å². The fourth-order valence-corrected chi connectivity index (χ4v) is 3.48. The Kier molecular flexibility index (Phi) is 6.04. The summed E-state index contributed by atoms with van der Waals surface area (Å²) in [4.78, 5) is 25.9. The lowest BCUT2D eigenvalue weighted by Gasteiger charge is -2.32. The van der Waals surface area contributed by atoms with Gasteiger partial charge in [-0.15, -0.1) is 0 Å². The highest BCUT2D eigenvalue weighted by atomic mass is 16.5. The first-order valence-electron chi connectivity index (χ1n) is 9.02. The molecule has 1 aromatic rings. The monoisotopic (exact) mass is 346 g/mol. The average molecular weight is 346 g/mol. The molecule has 6 heteroatoms. The summed E-state index contributed by atoms with van der Waals surface area (Å²) in [6, 6.07) is 7.02. The van der Waals surface area contributed by atoms with Crippen LogP contribution in [0, 0.1) is 0 Å². The van der Waals surface area contributed by atoms with Gasteiger partial charge in [0.1, 0.15) is 0 Å². The Balaban J connectivity index is 1.46. The number of carbonyl (C=O) groups excluding carboxylic acids is 2. The van der Waals surface area contributed by atoms with Crippen molar-refractivity contribution in [3.63, 3.8) is 0 Å². The molecular weight excluding hydrogens is 320 g/mol. The molecule has 1 unspecified atom stereocenters. The number of hydrogen-bond acceptors (Lipinski definition) is 4. The SMILES string of the molecule is NC(=O)c1ccccc1CC(=O)N1CCC(OCC2CCCO2)CC1. The lowest BCUT2D eigenvalue weighted by Crippen LogP contribution is -2.42. The molecule has 136 valence electrons. The van der Waals surface area contributed by atoms with Crippen LogP contribution in [0.3, 0.4) is 0 Å². The zero-order valence-electron chi connectivity index (χ0n) is 14.5. The highest BCUT2D eigenvalue weighted by molar-refractivity contribution is 5.95. The van der Waals surface area contributed by atoms with Crippen LogP contribution >= 0.6 is 0 Å². The van der Waals surface area contributed by atoms with Gasteiger partial charge in [-0.25, -0.2) is 0 Å². The molecule has 0 spiro atoms. The Bertz CT molecular complexity index is 605. The second-order valence-electron chi connectivity index (χ2n) is 6.75. The lowest BCUT2D eigenvalue weighted by molar-refractivity contribution is -0.133. The standard InChI is InChI=1S/C19H26N2O4/c20-19(23)17-6-2-1-4-14(17)12-18(22)21-9-7-15(8-10-21)25-13-16-5-3-11-24-16/h1-2,4,6,15-16H,3,5,7-13H2,(H2,20,23). The first kappa shape index (κ1) is 17.9. The third kappa shape index (κ3) is 4.80. The molecule has 1 aromatic carbocycles. The van der Waals surface area contributed by atoms with Crippen molar-refractivity contribution in [2.24, 2.45) is 5.73 Å². The Morgan fingerprint density at radius 2 is 1.96 bits per heavy atom. The minimum absolute atomic E-state index is 0.0336. The molecule has 0 saturated carbocycles. The van der Waals surface area contributed by atoms with Crippen molar-refractivity contribution < 1.29 is 19.1 Å². The Morgan fingerprint density at radius 3 is 2.64 bits per heavy atom. The molecule has 0 aliphatic carbocycles. The molecule has 2 saturated heterocycles. The lowest BCUT2D eigenvalue weighted by atomic mass is 10.0. The van der Waals surface area contributed by atoms with Gasteiger partial charge in [0.05, 0.1) is 25.2 Å². The third-order valence-electron chi connectivity index (χ3n) is 4.96. The molecule has 2 aliphatic rings. The van der Waals surface area contributed by atoms with E-state index >= 15 is 0 Å². The molecule has 2 heterocycles. The molecule has 2 aliphatic heterocycles. The number of benzene rings is 1. The van der Waals surface area contributed by atoms with Crippen molar-refractivity contribution in [1.29, 1.82) is 0 Å². The van der Waals surface area contributed by atoms with Crippen molar-refractivity contribution in [1.82, 2.24) is 4.90 Å². The van der Waals surface area contributed by atoms with Crippen molar-refractivity contribution in [3.8, 4) is 0 Å². The summed E-state index contributed by atoms with van der Waals surface area (Å²) >= 11 is 0. The summed E-state index contributed by atoms with van der Waals surface area (Å²) in [6.07, 6.45) is 4.53. The van der Waals surface area contributed by atoms with E-state index in [9.17, 15) is 9.59 Å². The van der Waals surface area contributed by atoms with Crippen LogP contribution in [0.4, 0.5) is 0 Å². The summed E-state index contributed by atoms with van der Waals surface area (Å²) in [6.45, 7) is 2.87. The van der Waals surface area contributed by atoms with E-state index < -0.39 is 5.91 Å². The number of ether oxygens (including phenoxy) is 2. The molecule has 6 nitrogen and oxygen atoms in total. The number of piperidine rings is 1. The molecule has 3 rings (SSSR count). The van der Waals surface area contributed by atoms with E-state index in [1.54, 1.807) is 18.2 Å². The topological polar surface area (TPSA) is 81.9 Å². The maximum atomic E-state index is 12.5. The molecule has 2 amide bonds. The van der Waals surface area contributed by atoms with Crippen LogP contribution in [0.5, 0.6) is 0 Å². The van der Waals surface area contributed by atoms with E-state index in [4.69, 9.17) is 15.2 Å². The Labute approximate surface area is 148 Å². The fourth-order valence-electron chi connectivity index (χ4n) is 3.48. The number of primary amides is 1. The second-order valence-corrected chi connectivity index (χ2v) is 6.75. The Morgan fingerprint density at radius 1 is 1.20 bits per heavy atom. The van der Waals surface area contributed by atoms with Gasteiger partial charge in [0.25, 0.3) is 0 Å². The van der Waals surface area contributed by atoms with E-state index in [-0.39, 0.29) is 24.5 Å². The van der Waals surface area contributed by atoms with Crippen LogP contribution in [-0.2, 0) is 20.7 Å². The smallest absolute Gasteiger partial charge is 0.248 e. The number of carbonyl (C=O) groups is 2. The molecule has 0 radical (unpaired) electrons.